The summed E-state index contributed by atoms with van der Waals surface area (Å²) in [5, 5.41) is 12.3. The molecule has 0 amide bonds. The average molecular weight is 386 g/mol. The van der Waals surface area contributed by atoms with Crippen LogP contribution in [0.4, 0.5) is 5.82 Å². The standard InChI is InChI=1S/C16H21Cl2N5S/c1-22(2)9-5-8-19-16(24)20-15-14(18)11-23(21-15)10-12-6-3-4-7-13(12)17/h3-4,6-7,11H,5,8-10H2,1-2H3,(H2,19,20,21,24). The fraction of sp³-hybridized carbons (Fsp3) is 0.375. The van der Waals surface area contributed by atoms with Crippen LogP contribution in [0.1, 0.15) is 12.0 Å². The number of aromatic nitrogens is 2. The van der Waals surface area contributed by atoms with E-state index in [1.807, 2.05) is 38.4 Å². The number of nitrogens with one attached hydrogen (secondary N) is 2. The Kier molecular flexibility index (Phi) is 7.30. The highest BCUT2D eigenvalue weighted by Gasteiger charge is 2.10. The van der Waals surface area contributed by atoms with E-state index in [9.17, 15) is 0 Å². The van der Waals surface area contributed by atoms with Gasteiger partial charge in [0.25, 0.3) is 0 Å². The highest BCUT2D eigenvalue weighted by atomic mass is 35.5. The van der Waals surface area contributed by atoms with Gasteiger partial charge in [0.1, 0.15) is 5.02 Å². The molecule has 5 nitrogen and oxygen atoms in total. The van der Waals surface area contributed by atoms with Gasteiger partial charge in [-0.3, -0.25) is 4.68 Å². The molecule has 0 spiro atoms. The minimum absolute atomic E-state index is 0.513. The number of hydrogen-bond donors (Lipinski definition) is 2. The smallest absolute Gasteiger partial charge is 0.173 e. The zero-order valence-corrected chi connectivity index (χ0v) is 16.0. The SMILES string of the molecule is CN(C)CCCNC(=S)Nc1nn(Cc2ccccc2Cl)cc1Cl. The number of benzene rings is 1. The van der Waals surface area contributed by atoms with Gasteiger partial charge in [0.15, 0.2) is 10.9 Å². The van der Waals surface area contributed by atoms with Crippen LogP contribution in [0.15, 0.2) is 30.5 Å². The van der Waals surface area contributed by atoms with Gasteiger partial charge in [-0.15, -0.1) is 0 Å². The maximum atomic E-state index is 6.23. The third-order valence-corrected chi connectivity index (χ3v) is 4.20. The molecule has 130 valence electrons. The number of thiocarbonyl (C=S) groups is 1. The Labute approximate surface area is 157 Å². The van der Waals surface area contributed by atoms with Crippen LogP contribution >= 0.6 is 35.4 Å². The molecule has 0 fully saturated rings. The molecule has 0 radical (unpaired) electrons. The van der Waals surface area contributed by atoms with Crippen molar-refractivity contribution >= 4 is 46.4 Å². The first kappa shape index (κ1) is 19.0. The van der Waals surface area contributed by atoms with E-state index < -0.39 is 0 Å². The van der Waals surface area contributed by atoms with E-state index in [0.717, 1.165) is 25.1 Å². The van der Waals surface area contributed by atoms with E-state index in [4.69, 9.17) is 35.4 Å². The molecule has 0 aliphatic rings. The molecule has 0 aliphatic heterocycles. The maximum Gasteiger partial charge on any atom is 0.173 e. The topological polar surface area (TPSA) is 45.1 Å². The second-order valence-corrected chi connectivity index (χ2v) is 6.88. The zero-order chi connectivity index (χ0) is 17.5. The molecule has 1 aromatic carbocycles. The summed E-state index contributed by atoms with van der Waals surface area (Å²) in [7, 11) is 4.09. The first-order chi connectivity index (χ1) is 11.5. The van der Waals surface area contributed by atoms with Gasteiger partial charge < -0.3 is 15.5 Å². The quantitative estimate of drug-likeness (QED) is 0.564. The van der Waals surface area contributed by atoms with Crippen molar-refractivity contribution in [3.8, 4) is 0 Å². The summed E-state index contributed by atoms with van der Waals surface area (Å²) >= 11 is 17.7. The van der Waals surface area contributed by atoms with Crippen LogP contribution in [0.25, 0.3) is 0 Å². The van der Waals surface area contributed by atoms with E-state index in [1.165, 1.54) is 0 Å². The third-order valence-electron chi connectivity index (χ3n) is 3.31. The Morgan fingerprint density at radius 1 is 1.25 bits per heavy atom. The molecule has 0 atom stereocenters. The van der Waals surface area contributed by atoms with Crippen LogP contribution in [0.3, 0.4) is 0 Å². The Morgan fingerprint density at radius 3 is 2.71 bits per heavy atom. The fourth-order valence-electron chi connectivity index (χ4n) is 2.11. The average Bonchev–Trinajstić information content (AvgIpc) is 2.85. The third kappa shape index (κ3) is 5.94. The van der Waals surface area contributed by atoms with Gasteiger partial charge >= 0.3 is 0 Å². The summed E-state index contributed by atoms with van der Waals surface area (Å²) in [5.41, 5.74) is 0.981. The number of rotatable bonds is 7. The van der Waals surface area contributed by atoms with Crippen LogP contribution in [0, 0.1) is 0 Å². The molecule has 24 heavy (non-hydrogen) atoms. The number of anilines is 1. The Balaban J connectivity index is 1.89. The van der Waals surface area contributed by atoms with E-state index in [2.05, 4.69) is 20.6 Å². The number of nitrogens with zero attached hydrogens (tertiary/aromatic N) is 3. The first-order valence-electron chi connectivity index (χ1n) is 7.61. The summed E-state index contributed by atoms with van der Waals surface area (Å²) in [4.78, 5) is 2.13. The Bertz CT molecular complexity index is 687. The lowest BCUT2D eigenvalue weighted by Crippen LogP contribution is -2.31. The zero-order valence-electron chi connectivity index (χ0n) is 13.7. The highest BCUT2D eigenvalue weighted by Crippen LogP contribution is 2.21. The number of hydrogen-bond acceptors (Lipinski definition) is 3. The summed E-state index contributed by atoms with van der Waals surface area (Å²) in [6.45, 7) is 2.34. The van der Waals surface area contributed by atoms with Crippen molar-refractivity contribution in [1.82, 2.24) is 20.0 Å². The molecule has 2 aromatic rings. The molecule has 0 aliphatic carbocycles. The monoisotopic (exact) mass is 385 g/mol. The highest BCUT2D eigenvalue weighted by molar-refractivity contribution is 7.80. The predicted molar refractivity (Wildman–Crippen MR) is 105 cm³/mol. The van der Waals surface area contributed by atoms with Crippen LogP contribution in [-0.4, -0.2) is 47.0 Å². The first-order valence-corrected chi connectivity index (χ1v) is 8.78. The van der Waals surface area contributed by atoms with Crippen LogP contribution in [-0.2, 0) is 6.54 Å². The van der Waals surface area contributed by atoms with Crippen molar-refractivity contribution in [3.05, 3.63) is 46.1 Å². The van der Waals surface area contributed by atoms with Crippen molar-refractivity contribution in [2.24, 2.45) is 0 Å². The molecular formula is C16H21Cl2N5S. The molecule has 2 rings (SSSR count). The number of halogens is 2. The lowest BCUT2D eigenvalue weighted by Gasteiger charge is -2.11. The predicted octanol–water partition coefficient (Wildman–Crippen LogP) is 3.48. The Hall–Kier alpha value is -1.34. The molecular weight excluding hydrogens is 365 g/mol. The molecule has 1 aromatic heterocycles. The fourth-order valence-corrected chi connectivity index (χ4v) is 2.70. The normalized spacial score (nSPS) is 10.9. The van der Waals surface area contributed by atoms with Crippen molar-refractivity contribution in [3.63, 3.8) is 0 Å². The van der Waals surface area contributed by atoms with Crippen LogP contribution < -0.4 is 10.6 Å². The minimum Gasteiger partial charge on any atom is -0.362 e. The Morgan fingerprint density at radius 2 is 2.00 bits per heavy atom. The molecule has 1 heterocycles. The van der Waals surface area contributed by atoms with Gasteiger partial charge in [0.2, 0.25) is 0 Å². The minimum atomic E-state index is 0.513. The van der Waals surface area contributed by atoms with Crippen LogP contribution in [0.5, 0.6) is 0 Å². The van der Waals surface area contributed by atoms with Crippen molar-refractivity contribution in [2.75, 3.05) is 32.5 Å². The molecule has 2 N–H and O–H groups in total. The van der Waals surface area contributed by atoms with E-state index >= 15 is 0 Å². The van der Waals surface area contributed by atoms with E-state index in [-0.39, 0.29) is 0 Å². The van der Waals surface area contributed by atoms with Crippen molar-refractivity contribution in [1.29, 1.82) is 0 Å². The lowest BCUT2D eigenvalue weighted by atomic mass is 10.2. The molecule has 0 unspecified atom stereocenters. The molecule has 0 bridgehead atoms. The van der Waals surface area contributed by atoms with Crippen LogP contribution in [0.2, 0.25) is 10.0 Å². The van der Waals surface area contributed by atoms with E-state index in [1.54, 1.807) is 10.9 Å². The largest absolute Gasteiger partial charge is 0.362 e. The summed E-state index contributed by atoms with van der Waals surface area (Å²) in [6.07, 6.45) is 2.76. The van der Waals surface area contributed by atoms with E-state index in [0.29, 0.717) is 27.5 Å². The molecule has 0 saturated carbocycles. The van der Waals surface area contributed by atoms with Gasteiger partial charge in [-0.05, 0) is 50.9 Å². The molecule has 8 heteroatoms. The summed E-state index contributed by atoms with van der Waals surface area (Å²) < 4.78 is 1.74. The van der Waals surface area contributed by atoms with Crippen molar-refractivity contribution in [2.45, 2.75) is 13.0 Å². The second kappa shape index (κ2) is 9.22. The van der Waals surface area contributed by atoms with Gasteiger partial charge in [-0.25, -0.2) is 0 Å². The summed E-state index contributed by atoms with van der Waals surface area (Å²) in [5.74, 6) is 0.536. The van der Waals surface area contributed by atoms with Gasteiger partial charge in [0, 0.05) is 17.8 Å². The maximum absolute atomic E-state index is 6.23. The van der Waals surface area contributed by atoms with Gasteiger partial charge in [-0.2, -0.15) is 5.10 Å². The van der Waals surface area contributed by atoms with Gasteiger partial charge in [0.05, 0.1) is 6.54 Å². The second-order valence-electron chi connectivity index (χ2n) is 5.65. The van der Waals surface area contributed by atoms with Crippen molar-refractivity contribution < 1.29 is 0 Å². The summed E-state index contributed by atoms with van der Waals surface area (Å²) in [6, 6.07) is 7.66. The molecule has 0 saturated heterocycles. The van der Waals surface area contributed by atoms with Gasteiger partial charge in [-0.1, -0.05) is 41.4 Å². The lowest BCUT2D eigenvalue weighted by molar-refractivity contribution is 0.400.